The first-order chi connectivity index (χ1) is 7.61. The van der Waals surface area contributed by atoms with Crippen molar-refractivity contribution in [3.05, 3.63) is 46.5 Å². The molecule has 0 fully saturated rings. The van der Waals surface area contributed by atoms with E-state index in [0.717, 1.165) is 0 Å². The number of fused-ring (bicyclic) bond motifs is 4. The molecule has 0 heteroatoms. The fourth-order valence-corrected chi connectivity index (χ4v) is 2.85. The van der Waals surface area contributed by atoms with E-state index >= 15 is 0 Å². The summed E-state index contributed by atoms with van der Waals surface area (Å²) >= 11 is 0. The first-order valence-corrected chi connectivity index (χ1v) is 5.82. The normalized spacial score (nSPS) is 11.8. The maximum absolute atomic E-state index is 2.24. The van der Waals surface area contributed by atoms with Crippen molar-refractivity contribution in [2.45, 2.75) is 27.7 Å². The molecule has 3 rings (SSSR count). The van der Waals surface area contributed by atoms with Crippen LogP contribution in [0.15, 0.2) is 24.3 Å². The molecule has 1 aliphatic carbocycles. The van der Waals surface area contributed by atoms with Crippen LogP contribution in [0, 0.1) is 27.7 Å². The lowest BCUT2D eigenvalue weighted by Crippen LogP contribution is -2.07. The maximum Gasteiger partial charge on any atom is -0.00641 e. The third kappa shape index (κ3) is 0.996. The van der Waals surface area contributed by atoms with Crippen molar-refractivity contribution in [2.75, 3.05) is 0 Å². The molecule has 0 amide bonds. The Kier molecular flexibility index (Phi) is 1.79. The maximum atomic E-state index is 2.24. The number of hydrogen-bond acceptors (Lipinski definition) is 0. The second-order valence-electron chi connectivity index (χ2n) is 4.90. The minimum atomic E-state index is 1.40. The standard InChI is InChI=1S/C16H16/c1-9-5-6-10(2)14-13(9)15-11(3)7-8-12(4)16(14)15/h5-8H,1-4H3. The summed E-state index contributed by atoms with van der Waals surface area (Å²) in [6.45, 7) is 8.85. The molecule has 80 valence electrons. The highest BCUT2D eigenvalue weighted by molar-refractivity contribution is 6.07. The van der Waals surface area contributed by atoms with Gasteiger partial charge in [0.25, 0.3) is 0 Å². The van der Waals surface area contributed by atoms with Crippen LogP contribution < -0.4 is 0 Å². The van der Waals surface area contributed by atoms with Gasteiger partial charge in [0.05, 0.1) is 0 Å². The molecule has 0 bridgehead atoms. The first-order valence-electron chi connectivity index (χ1n) is 5.82. The molecule has 0 unspecified atom stereocenters. The minimum Gasteiger partial charge on any atom is -0.0584 e. The van der Waals surface area contributed by atoms with Crippen molar-refractivity contribution in [1.29, 1.82) is 0 Å². The molecule has 0 heterocycles. The average molecular weight is 208 g/mol. The van der Waals surface area contributed by atoms with E-state index in [0.29, 0.717) is 0 Å². The summed E-state index contributed by atoms with van der Waals surface area (Å²) in [6, 6.07) is 8.94. The third-order valence-electron chi connectivity index (χ3n) is 3.74. The number of aryl methyl sites for hydroxylation is 4. The third-order valence-corrected chi connectivity index (χ3v) is 3.74. The fourth-order valence-electron chi connectivity index (χ4n) is 2.85. The van der Waals surface area contributed by atoms with E-state index in [1.807, 2.05) is 0 Å². The average Bonchev–Trinajstić information content (AvgIpc) is 2.19. The highest BCUT2D eigenvalue weighted by atomic mass is 14.3. The molecular weight excluding hydrogens is 192 g/mol. The quantitative estimate of drug-likeness (QED) is 0.507. The molecular formula is C16H16. The van der Waals surface area contributed by atoms with Crippen LogP contribution in [-0.4, -0.2) is 0 Å². The molecule has 0 atom stereocenters. The van der Waals surface area contributed by atoms with Gasteiger partial charge in [-0.1, -0.05) is 24.3 Å². The summed E-state index contributed by atoms with van der Waals surface area (Å²) in [6.07, 6.45) is 0. The van der Waals surface area contributed by atoms with Gasteiger partial charge in [-0.05, 0) is 72.2 Å². The van der Waals surface area contributed by atoms with Gasteiger partial charge < -0.3 is 0 Å². The largest absolute Gasteiger partial charge is 0.0584 e. The van der Waals surface area contributed by atoms with Gasteiger partial charge >= 0.3 is 0 Å². The van der Waals surface area contributed by atoms with Crippen LogP contribution in [0.1, 0.15) is 22.3 Å². The van der Waals surface area contributed by atoms with Crippen LogP contribution in [0.5, 0.6) is 0 Å². The lowest BCUT2D eigenvalue weighted by molar-refractivity contribution is 1.29. The van der Waals surface area contributed by atoms with E-state index in [2.05, 4.69) is 52.0 Å². The van der Waals surface area contributed by atoms with E-state index in [-0.39, 0.29) is 0 Å². The molecule has 0 saturated carbocycles. The lowest BCUT2D eigenvalue weighted by Gasteiger charge is -2.31. The van der Waals surface area contributed by atoms with Crippen molar-refractivity contribution in [3.63, 3.8) is 0 Å². The van der Waals surface area contributed by atoms with E-state index in [9.17, 15) is 0 Å². The van der Waals surface area contributed by atoms with Gasteiger partial charge in [0.2, 0.25) is 0 Å². The molecule has 2 aromatic rings. The molecule has 16 heavy (non-hydrogen) atoms. The summed E-state index contributed by atoms with van der Waals surface area (Å²) in [5.41, 5.74) is 11.5. The summed E-state index contributed by atoms with van der Waals surface area (Å²) in [4.78, 5) is 0. The lowest BCUT2D eigenvalue weighted by atomic mass is 9.72. The molecule has 0 N–H and O–H groups in total. The topological polar surface area (TPSA) is 0 Å². The SMILES string of the molecule is Cc1ccc(C)c2c1-c1c(C)ccc(C)c1-2. The Hall–Kier alpha value is -1.56. The number of benzene rings is 2. The summed E-state index contributed by atoms with van der Waals surface area (Å²) in [5.74, 6) is 0. The van der Waals surface area contributed by atoms with Crippen molar-refractivity contribution in [1.82, 2.24) is 0 Å². The molecule has 0 nitrogen and oxygen atoms in total. The molecule has 1 aliphatic rings. The van der Waals surface area contributed by atoms with E-state index in [1.54, 1.807) is 0 Å². The molecule has 0 saturated heterocycles. The Morgan fingerprint density at radius 3 is 0.812 bits per heavy atom. The zero-order chi connectivity index (χ0) is 11.4. The highest BCUT2D eigenvalue weighted by Crippen LogP contribution is 2.53. The van der Waals surface area contributed by atoms with Crippen molar-refractivity contribution < 1.29 is 0 Å². The van der Waals surface area contributed by atoms with Gasteiger partial charge in [0, 0.05) is 0 Å². The van der Waals surface area contributed by atoms with Gasteiger partial charge in [-0.3, -0.25) is 0 Å². The van der Waals surface area contributed by atoms with Crippen LogP contribution in [0.2, 0.25) is 0 Å². The Balaban J connectivity index is 2.42. The van der Waals surface area contributed by atoms with Gasteiger partial charge in [-0.25, -0.2) is 0 Å². The van der Waals surface area contributed by atoms with Crippen LogP contribution in [0.25, 0.3) is 22.3 Å². The number of rotatable bonds is 0. The van der Waals surface area contributed by atoms with E-state index in [4.69, 9.17) is 0 Å². The predicted octanol–water partition coefficient (Wildman–Crippen LogP) is 4.57. The molecule has 0 aliphatic heterocycles. The highest BCUT2D eigenvalue weighted by Gasteiger charge is 2.28. The van der Waals surface area contributed by atoms with Crippen LogP contribution >= 0.6 is 0 Å². The van der Waals surface area contributed by atoms with E-state index in [1.165, 1.54) is 44.5 Å². The van der Waals surface area contributed by atoms with Crippen LogP contribution in [0.3, 0.4) is 0 Å². The van der Waals surface area contributed by atoms with Crippen molar-refractivity contribution in [3.8, 4) is 22.3 Å². The molecule has 2 aromatic carbocycles. The summed E-state index contributed by atoms with van der Waals surface area (Å²) in [5, 5.41) is 0. The summed E-state index contributed by atoms with van der Waals surface area (Å²) in [7, 11) is 0. The van der Waals surface area contributed by atoms with E-state index < -0.39 is 0 Å². The monoisotopic (exact) mass is 208 g/mol. The Bertz CT molecular complexity index is 480. The molecule has 0 radical (unpaired) electrons. The van der Waals surface area contributed by atoms with Crippen molar-refractivity contribution >= 4 is 0 Å². The first kappa shape index (κ1) is 9.65. The fraction of sp³-hybridized carbons (Fsp3) is 0.250. The second-order valence-corrected chi connectivity index (χ2v) is 4.90. The zero-order valence-corrected chi connectivity index (χ0v) is 10.3. The minimum absolute atomic E-state index is 1.40. The van der Waals surface area contributed by atoms with Gasteiger partial charge in [0.15, 0.2) is 0 Å². The second kappa shape index (κ2) is 2.98. The van der Waals surface area contributed by atoms with Gasteiger partial charge in [-0.15, -0.1) is 0 Å². The Labute approximate surface area is 96.9 Å². The predicted molar refractivity (Wildman–Crippen MR) is 69.8 cm³/mol. The zero-order valence-electron chi connectivity index (χ0n) is 10.3. The Morgan fingerprint density at radius 1 is 0.438 bits per heavy atom. The van der Waals surface area contributed by atoms with Crippen LogP contribution in [-0.2, 0) is 0 Å². The number of hydrogen-bond donors (Lipinski definition) is 0. The van der Waals surface area contributed by atoms with Gasteiger partial charge in [0.1, 0.15) is 0 Å². The Morgan fingerprint density at radius 2 is 0.625 bits per heavy atom. The molecule has 0 spiro atoms. The van der Waals surface area contributed by atoms with Crippen molar-refractivity contribution in [2.24, 2.45) is 0 Å². The molecule has 0 aromatic heterocycles. The smallest absolute Gasteiger partial charge is 0.00641 e. The van der Waals surface area contributed by atoms with Gasteiger partial charge in [-0.2, -0.15) is 0 Å². The van der Waals surface area contributed by atoms with Crippen LogP contribution in [0.4, 0.5) is 0 Å². The summed E-state index contributed by atoms with van der Waals surface area (Å²) < 4.78 is 0.